The first-order valence-electron chi connectivity index (χ1n) is 8.37. The van der Waals surface area contributed by atoms with Crippen LogP contribution in [0, 0.1) is 18.3 Å². The number of fused-ring (bicyclic) bond motifs is 1. The average Bonchev–Trinajstić information content (AvgIpc) is 2.83. The van der Waals surface area contributed by atoms with Crippen LogP contribution in [0.25, 0.3) is 0 Å². The Labute approximate surface area is 152 Å². The smallest absolute Gasteiger partial charge is 0.256 e. The first-order valence-corrected chi connectivity index (χ1v) is 9.19. The molecular formula is C20H23N3OS. The van der Waals surface area contributed by atoms with Gasteiger partial charge in [-0.2, -0.15) is 5.26 Å². The quantitative estimate of drug-likeness (QED) is 0.844. The highest BCUT2D eigenvalue weighted by molar-refractivity contribution is 7.17. The Kier molecular flexibility index (Phi) is 4.22. The van der Waals surface area contributed by atoms with Gasteiger partial charge in [0.1, 0.15) is 11.1 Å². The molecule has 0 unspecified atom stereocenters. The number of aryl methyl sites for hydroxylation is 1. The summed E-state index contributed by atoms with van der Waals surface area (Å²) in [7, 11) is 0. The lowest BCUT2D eigenvalue weighted by molar-refractivity contribution is 0.102. The molecule has 25 heavy (non-hydrogen) atoms. The minimum Gasteiger partial charge on any atom is -0.312 e. The van der Waals surface area contributed by atoms with E-state index in [1.54, 1.807) is 6.07 Å². The summed E-state index contributed by atoms with van der Waals surface area (Å²) in [5, 5.41) is 17.0. The number of benzene rings is 1. The van der Waals surface area contributed by atoms with Crippen LogP contribution in [-0.2, 0) is 12.0 Å². The number of anilines is 1. The van der Waals surface area contributed by atoms with Gasteiger partial charge in [0.2, 0.25) is 0 Å². The topological polar surface area (TPSA) is 64.9 Å². The molecule has 0 aliphatic carbocycles. The SMILES string of the molecule is Cc1ccccc1C(=O)Nc1sc2c(c1C#N)CC(C)(C)NC2(C)C. The average molecular weight is 353 g/mol. The van der Waals surface area contributed by atoms with Gasteiger partial charge in [0.05, 0.1) is 5.56 Å². The Hall–Kier alpha value is -2.16. The van der Waals surface area contributed by atoms with Gasteiger partial charge in [-0.25, -0.2) is 0 Å². The molecule has 3 rings (SSSR count). The number of nitriles is 1. The van der Waals surface area contributed by atoms with E-state index < -0.39 is 0 Å². The predicted molar refractivity (Wildman–Crippen MR) is 102 cm³/mol. The third kappa shape index (κ3) is 3.20. The van der Waals surface area contributed by atoms with Gasteiger partial charge in [-0.1, -0.05) is 18.2 Å². The fraction of sp³-hybridized carbons (Fsp3) is 0.400. The fourth-order valence-corrected chi connectivity index (χ4v) is 4.95. The van der Waals surface area contributed by atoms with Gasteiger partial charge in [-0.05, 0) is 58.2 Å². The summed E-state index contributed by atoms with van der Waals surface area (Å²) in [6, 6.07) is 9.79. The lowest BCUT2D eigenvalue weighted by atomic mass is 9.81. The molecule has 1 aromatic heterocycles. The summed E-state index contributed by atoms with van der Waals surface area (Å²) in [4.78, 5) is 13.8. The van der Waals surface area contributed by atoms with Gasteiger partial charge in [-0.15, -0.1) is 11.3 Å². The molecular weight excluding hydrogens is 330 g/mol. The predicted octanol–water partition coefficient (Wildman–Crippen LogP) is 4.34. The summed E-state index contributed by atoms with van der Waals surface area (Å²) >= 11 is 1.51. The van der Waals surface area contributed by atoms with Crippen LogP contribution >= 0.6 is 11.3 Å². The molecule has 0 saturated heterocycles. The van der Waals surface area contributed by atoms with E-state index in [-0.39, 0.29) is 17.0 Å². The molecule has 2 aromatic rings. The second-order valence-electron chi connectivity index (χ2n) is 7.81. The molecule has 0 saturated carbocycles. The highest BCUT2D eigenvalue weighted by Crippen LogP contribution is 2.44. The molecule has 0 spiro atoms. The van der Waals surface area contributed by atoms with Gasteiger partial charge < -0.3 is 10.6 Å². The van der Waals surface area contributed by atoms with Crippen LogP contribution in [0.5, 0.6) is 0 Å². The normalized spacial score (nSPS) is 17.4. The third-order valence-electron chi connectivity index (χ3n) is 4.57. The molecule has 0 bridgehead atoms. The number of carbonyl (C=O) groups excluding carboxylic acids is 1. The minimum absolute atomic E-state index is 0.0968. The number of carbonyl (C=O) groups is 1. The molecule has 5 heteroatoms. The number of hydrogen-bond acceptors (Lipinski definition) is 4. The molecule has 2 N–H and O–H groups in total. The molecule has 1 aliphatic heterocycles. The van der Waals surface area contributed by atoms with E-state index in [9.17, 15) is 10.1 Å². The number of rotatable bonds is 2. The maximum absolute atomic E-state index is 12.7. The van der Waals surface area contributed by atoms with Crippen molar-refractivity contribution in [3.8, 4) is 6.07 Å². The van der Waals surface area contributed by atoms with Crippen LogP contribution in [0.15, 0.2) is 24.3 Å². The monoisotopic (exact) mass is 353 g/mol. The lowest BCUT2D eigenvalue weighted by Crippen LogP contribution is -2.54. The third-order valence-corrected chi connectivity index (χ3v) is 6.04. The Bertz CT molecular complexity index is 887. The lowest BCUT2D eigenvalue weighted by Gasteiger charge is -2.42. The van der Waals surface area contributed by atoms with Crippen LogP contribution in [0.2, 0.25) is 0 Å². The van der Waals surface area contributed by atoms with Gasteiger partial charge >= 0.3 is 0 Å². The molecule has 0 atom stereocenters. The van der Waals surface area contributed by atoms with E-state index in [1.807, 2.05) is 25.1 Å². The molecule has 2 heterocycles. The first kappa shape index (κ1) is 17.7. The standard InChI is InChI=1S/C20H23N3OS/c1-12-8-6-7-9-13(12)17(24)22-18-15(11-21)14-10-19(2,3)23-20(4,5)16(14)25-18/h6-9,23H,10H2,1-5H3,(H,22,24). The number of nitrogens with zero attached hydrogens (tertiary/aromatic N) is 1. The van der Waals surface area contributed by atoms with E-state index in [1.165, 1.54) is 11.3 Å². The zero-order valence-electron chi connectivity index (χ0n) is 15.3. The highest BCUT2D eigenvalue weighted by Gasteiger charge is 2.40. The van der Waals surface area contributed by atoms with Crippen molar-refractivity contribution in [3.63, 3.8) is 0 Å². The molecule has 1 amide bonds. The molecule has 1 aliphatic rings. The maximum atomic E-state index is 12.7. The van der Waals surface area contributed by atoms with E-state index >= 15 is 0 Å². The van der Waals surface area contributed by atoms with Crippen LogP contribution in [0.4, 0.5) is 5.00 Å². The molecule has 130 valence electrons. The van der Waals surface area contributed by atoms with Crippen molar-refractivity contribution in [3.05, 3.63) is 51.4 Å². The number of nitrogens with one attached hydrogen (secondary N) is 2. The molecule has 0 fully saturated rings. The number of amides is 1. The van der Waals surface area contributed by atoms with Crippen molar-refractivity contribution in [2.45, 2.75) is 52.1 Å². The van der Waals surface area contributed by atoms with Crippen molar-refractivity contribution in [1.82, 2.24) is 5.32 Å². The van der Waals surface area contributed by atoms with Crippen molar-refractivity contribution in [2.24, 2.45) is 0 Å². The van der Waals surface area contributed by atoms with Crippen molar-refractivity contribution < 1.29 is 4.79 Å². The summed E-state index contributed by atoms with van der Waals surface area (Å²) < 4.78 is 0. The first-order chi connectivity index (χ1) is 11.6. The van der Waals surface area contributed by atoms with Crippen LogP contribution < -0.4 is 10.6 Å². The largest absolute Gasteiger partial charge is 0.312 e. The van der Waals surface area contributed by atoms with E-state index in [4.69, 9.17) is 0 Å². The molecule has 4 nitrogen and oxygen atoms in total. The van der Waals surface area contributed by atoms with Crippen molar-refractivity contribution >= 4 is 22.2 Å². The van der Waals surface area contributed by atoms with Gasteiger partial charge in [0, 0.05) is 21.5 Å². The van der Waals surface area contributed by atoms with E-state index in [0.29, 0.717) is 16.1 Å². The molecule has 0 radical (unpaired) electrons. The summed E-state index contributed by atoms with van der Waals surface area (Å²) in [5.74, 6) is -0.168. The summed E-state index contributed by atoms with van der Waals surface area (Å²) in [6.07, 6.45) is 0.769. The Balaban J connectivity index is 2.02. The van der Waals surface area contributed by atoms with E-state index in [2.05, 4.69) is 44.4 Å². The fourth-order valence-electron chi connectivity index (χ4n) is 3.73. The minimum atomic E-state index is -0.237. The summed E-state index contributed by atoms with van der Waals surface area (Å²) in [5.41, 5.74) is 2.88. The Morgan fingerprint density at radius 1 is 1.28 bits per heavy atom. The molecule has 1 aromatic carbocycles. The van der Waals surface area contributed by atoms with Gasteiger partial charge in [-0.3, -0.25) is 4.79 Å². The second kappa shape index (κ2) is 5.98. The number of thiophene rings is 1. The maximum Gasteiger partial charge on any atom is 0.256 e. The van der Waals surface area contributed by atoms with Crippen molar-refractivity contribution in [2.75, 3.05) is 5.32 Å². The summed E-state index contributed by atoms with van der Waals surface area (Å²) in [6.45, 7) is 10.4. The number of hydrogen-bond donors (Lipinski definition) is 2. The van der Waals surface area contributed by atoms with E-state index in [0.717, 1.165) is 22.4 Å². The Morgan fingerprint density at radius 2 is 1.96 bits per heavy atom. The van der Waals surface area contributed by atoms with Gasteiger partial charge in [0.25, 0.3) is 5.91 Å². The zero-order valence-corrected chi connectivity index (χ0v) is 16.1. The van der Waals surface area contributed by atoms with Crippen LogP contribution in [0.1, 0.15) is 59.6 Å². The highest BCUT2D eigenvalue weighted by atomic mass is 32.1. The van der Waals surface area contributed by atoms with Crippen molar-refractivity contribution in [1.29, 1.82) is 5.26 Å². The Morgan fingerprint density at radius 3 is 2.60 bits per heavy atom. The van der Waals surface area contributed by atoms with Gasteiger partial charge in [0.15, 0.2) is 0 Å². The van der Waals surface area contributed by atoms with Crippen LogP contribution in [0.3, 0.4) is 0 Å². The second-order valence-corrected chi connectivity index (χ2v) is 8.83. The van der Waals surface area contributed by atoms with Crippen LogP contribution in [-0.4, -0.2) is 11.4 Å². The zero-order chi connectivity index (χ0) is 18.4.